The van der Waals surface area contributed by atoms with E-state index in [0.717, 1.165) is 36.0 Å². The third-order valence-corrected chi connectivity index (χ3v) is 5.23. The van der Waals surface area contributed by atoms with Gasteiger partial charge in [0.2, 0.25) is 0 Å². The van der Waals surface area contributed by atoms with Crippen LogP contribution in [0.1, 0.15) is 32.5 Å². The molecule has 5 heteroatoms. The van der Waals surface area contributed by atoms with Crippen LogP contribution in [0.3, 0.4) is 0 Å². The van der Waals surface area contributed by atoms with Crippen LogP contribution in [0.2, 0.25) is 0 Å². The average Bonchev–Trinajstić information content (AvgIpc) is 3.14. The zero-order valence-corrected chi connectivity index (χ0v) is 14.0. The highest BCUT2D eigenvalue weighted by molar-refractivity contribution is 7.16. The summed E-state index contributed by atoms with van der Waals surface area (Å²) in [5.41, 5.74) is 0. The SMILES string of the molecule is CCc1nc(N(C)CC2CCCN2CC)c2ccsc2n1. The maximum Gasteiger partial charge on any atom is 0.140 e. The Morgan fingerprint density at radius 1 is 1.38 bits per heavy atom. The van der Waals surface area contributed by atoms with Gasteiger partial charge >= 0.3 is 0 Å². The summed E-state index contributed by atoms with van der Waals surface area (Å²) < 4.78 is 0. The van der Waals surface area contributed by atoms with Crippen molar-refractivity contribution in [3.8, 4) is 0 Å². The van der Waals surface area contributed by atoms with Crippen molar-refractivity contribution in [3.63, 3.8) is 0 Å². The molecular formula is C16H24N4S. The minimum atomic E-state index is 0.661. The number of nitrogens with zero attached hydrogens (tertiary/aromatic N) is 4. The molecule has 0 radical (unpaired) electrons. The van der Waals surface area contributed by atoms with Gasteiger partial charge in [-0.05, 0) is 37.4 Å². The first-order valence-electron chi connectivity index (χ1n) is 7.92. The Morgan fingerprint density at radius 2 is 2.24 bits per heavy atom. The third kappa shape index (κ3) is 2.90. The summed E-state index contributed by atoms with van der Waals surface area (Å²) in [5.74, 6) is 2.05. The number of likely N-dealkylation sites (tertiary alicyclic amines) is 1. The molecule has 1 unspecified atom stereocenters. The van der Waals surface area contributed by atoms with Gasteiger partial charge in [0, 0.05) is 26.1 Å². The number of fused-ring (bicyclic) bond motifs is 1. The van der Waals surface area contributed by atoms with E-state index in [0.29, 0.717) is 6.04 Å². The van der Waals surface area contributed by atoms with E-state index >= 15 is 0 Å². The van der Waals surface area contributed by atoms with Crippen LogP contribution < -0.4 is 4.90 Å². The van der Waals surface area contributed by atoms with Crippen LogP contribution in [0.15, 0.2) is 11.4 Å². The maximum atomic E-state index is 4.79. The van der Waals surface area contributed by atoms with E-state index in [2.05, 4.69) is 47.1 Å². The van der Waals surface area contributed by atoms with Gasteiger partial charge in [-0.15, -0.1) is 11.3 Å². The molecule has 1 aliphatic heterocycles. The van der Waals surface area contributed by atoms with Crippen LogP contribution in [0.25, 0.3) is 10.2 Å². The van der Waals surface area contributed by atoms with E-state index in [1.54, 1.807) is 11.3 Å². The van der Waals surface area contributed by atoms with E-state index in [-0.39, 0.29) is 0 Å². The molecule has 4 nitrogen and oxygen atoms in total. The smallest absolute Gasteiger partial charge is 0.140 e. The van der Waals surface area contributed by atoms with Crippen molar-refractivity contribution in [2.24, 2.45) is 0 Å². The van der Waals surface area contributed by atoms with Crippen molar-refractivity contribution < 1.29 is 0 Å². The van der Waals surface area contributed by atoms with Crippen molar-refractivity contribution in [2.45, 2.75) is 39.2 Å². The van der Waals surface area contributed by atoms with Crippen LogP contribution in [0, 0.1) is 0 Å². The van der Waals surface area contributed by atoms with Gasteiger partial charge in [0.25, 0.3) is 0 Å². The number of anilines is 1. The second kappa shape index (κ2) is 6.28. The lowest BCUT2D eigenvalue weighted by Gasteiger charge is -2.28. The summed E-state index contributed by atoms with van der Waals surface area (Å²) in [4.78, 5) is 15.4. The molecule has 0 bridgehead atoms. The number of aryl methyl sites for hydroxylation is 1. The summed E-state index contributed by atoms with van der Waals surface area (Å²) in [6.45, 7) is 7.83. The number of aromatic nitrogens is 2. The summed E-state index contributed by atoms with van der Waals surface area (Å²) >= 11 is 1.71. The molecule has 3 heterocycles. The largest absolute Gasteiger partial charge is 0.357 e. The average molecular weight is 304 g/mol. The van der Waals surface area contributed by atoms with Crippen LogP contribution in [0.4, 0.5) is 5.82 Å². The Bertz CT molecular complexity index is 609. The first-order valence-corrected chi connectivity index (χ1v) is 8.80. The van der Waals surface area contributed by atoms with E-state index in [4.69, 9.17) is 4.98 Å². The standard InChI is InChI=1S/C16H24N4S/c1-4-14-17-15(13-8-10-21-16(13)18-14)19(3)11-12-7-6-9-20(12)5-2/h8,10,12H,4-7,9,11H2,1-3H3. The molecule has 1 aliphatic rings. The third-order valence-electron chi connectivity index (χ3n) is 4.42. The summed E-state index contributed by atoms with van der Waals surface area (Å²) in [6.07, 6.45) is 3.51. The van der Waals surface area contributed by atoms with Crippen molar-refractivity contribution in [1.29, 1.82) is 0 Å². The van der Waals surface area contributed by atoms with Gasteiger partial charge in [-0.3, -0.25) is 4.90 Å². The lowest BCUT2D eigenvalue weighted by atomic mass is 10.2. The maximum absolute atomic E-state index is 4.79. The Hall–Kier alpha value is -1.20. The number of hydrogen-bond acceptors (Lipinski definition) is 5. The van der Waals surface area contributed by atoms with Gasteiger partial charge < -0.3 is 4.90 Å². The van der Waals surface area contributed by atoms with Crippen LogP contribution in [0.5, 0.6) is 0 Å². The topological polar surface area (TPSA) is 32.3 Å². The van der Waals surface area contributed by atoms with Crippen molar-refractivity contribution in [2.75, 3.05) is 31.6 Å². The molecule has 0 saturated carbocycles. The van der Waals surface area contributed by atoms with Gasteiger partial charge in [-0.25, -0.2) is 9.97 Å². The molecule has 0 aromatic carbocycles. The molecule has 1 saturated heterocycles. The minimum Gasteiger partial charge on any atom is -0.357 e. The fourth-order valence-corrected chi connectivity index (χ4v) is 4.03. The highest BCUT2D eigenvalue weighted by Gasteiger charge is 2.25. The molecule has 0 spiro atoms. The minimum absolute atomic E-state index is 0.661. The second-order valence-corrected chi connectivity index (χ2v) is 6.66. The Labute approximate surface area is 130 Å². The molecule has 1 atom stereocenters. The molecule has 3 rings (SSSR count). The summed E-state index contributed by atoms with van der Waals surface area (Å²) in [7, 11) is 2.17. The normalized spacial score (nSPS) is 19.5. The van der Waals surface area contributed by atoms with Crippen molar-refractivity contribution in [3.05, 3.63) is 17.3 Å². The number of rotatable bonds is 5. The molecule has 114 valence electrons. The van der Waals surface area contributed by atoms with E-state index in [1.807, 2.05) is 0 Å². The van der Waals surface area contributed by atoms with Gasteiger partial charge in [-0.1, -0.05) is 13.8 Å². The molecule has 2 aromatic rings. The number of hydrogen-bond donors (Lipinski definition) is 0. The van der Waals surface area contributed by atoms with Crippen molar-refractivity contribution in [1.82, 2.24) is 14.9 Å². The number of likely N-dealkylation sites (N-methyl/N-ethyl adjacent to an activating group) is 2. The second-order valence-electron chi connectivity index (χ2n) is 5.76. The van der Waals surface area contributed by atoms with Crippen molar-refractivity contribution >= 4 is 27.4 Å². The Balaban J connectivity index is 1.86. The molecule has 0 amide bonds. The molecule has 2 aromatic heterocycles. The summed E-state index contributed by atoms with van der Waals surface area (Å²) in [6, 6.07) is 2.81. The van der Waals surface area contributed by atoms with E-state index in [9.17, 15) is 0 Å². The Kier molecular flexibility index (Phi) is 4.40. The monoisotopic (exact) mass is 304 g/mol. The quantitative estimate of drug-likeness (QED) is 0.849. The first kappa shape index (κ1) is 14.7. The molecule has 0 N–H and O–H groups in total. The number of thiophene rings is 1. The van der Waals surface area contributed by atoms with Crippen LogP contribution in [-0.4, -0.2) is 47.6 Å². The highest BCUT2D eigenvalue weighted by atomic mass is 32.1. The van der Waals surface area contributed by atoms with E-state index in [1.165, 1.54) is 24.8 Å². The highest BCUT2D eigenvalue weighted by Crippen LogP contribution is 2.28. The van der Waals surface area contributed by atoms with Gasteiger partial charge in [-0.2, -0.15) is 0 Å². The molecule has 1 fully saturated rings. The zero-order chi connectivity index (χ0) is 14.8. The fraction of sp³-hybridized carbons (Fsp3) is 0.625. The predicted molar refractivity (Wildman–Crippen MR) is 90.3 cm³/mol. The lowest BCUT2D eigenvalue weighted by molar-refractivity contribution is 0.270. The fourth-order valence-electron chi connectivity index (χ4n) is 3.25. The summed E-state index contributed by atoms with van der Waals surface area (Å²) in [5, 5.41) is 3.31. The van der Waals surface area contributed by atoms with Gasteiger partial charge in [0.05, 0.1) is 5.39 Å². The van der Waals surface area contributed by atoms with Gasteiger partial charge in [0.15, 0.2) is 0 Å². The van der Waals surface area contributed by atoms with Crippen LogP contribution >= 0.6 is 11.3 Å². The molecule has 21 heavy (non-hydrogen) atoms. The zero-order valence-electron chi connectivity index (χ0n) is 13.2. The van der Waals surface area contributed by atoms with Crippen LogP contribution in [-0.2, 0) is 6.42 Å². The first-order chi connectivity index (χ1) is 10.2. The Morgan fingerprint density at radius 3 is 3.00 bits per heavy atom. The lowest BCUT2D eigenvalue weighted by Crippen LogP contribution is -2.39. The van der Waals surface area contributed by atoms with Gasteiger partial charge in [0.1, 0.15) is 16.5 Å². The predicted octanol–water partition coefficient (Wildman–Crippen LogP) is 3.17. The molecular weight excluding hydrogens is 280 g/mol. The van der Waals surface area contributed by atoms with E-state index < -0.39 is 0 Å². The molecule has 0 aliphatic carbocycles.